The predicted octanol–water partition coefficient (Wildman–Crippen LogP) is -2.86. The van der Waals surface area contributed by atoms with E-state index in [0.717, 1.165) is 10.9 Å². The van der Waals surface area contributed by atoms with E-state index in [-0.39, 0.29) is 5.82 Å². The van der Waals surface area contributed by atoms with Crippen LogP contribution >= 0.6 is 0 Å². The van der Waals surface area contributed by atoms with E-state index >= 15 is 0 Å². The molecule has 1 aliphatic heterocycles. The van der Waals surface area contributed by atoms with Crippen LogP contribution in [0.4, 0.5) is 10.2 Å². The van der Waals surface area contributed by atoms with Gasteiger partial charge in [-0.05, 0) is 0 Å². The molecule has 1 aromatic rings. The van der Waals surface area contributed by atoms with Crippen molar-refractivity contribution >= 4 is 5.82 Å². The van der Waals surface area contributed by atoms with Gasteiger partial charge in [-0.3, -0.25) is 0 Å². The summed E-state index contributed by atoms with van der Waals surface area (Å²) in [6.07, 6.45) is -2.80. The molecule has 6 N–H and O–H groups in total. The Morgan fingerprint density at radius 3 is 2.90 bits per heavy atom. The number of nitrogen functional groups attached to an aromatic ring is 1. The largest absolute Gasteiger partial charge is 0.394 e. The lowest BCUT2D eigenvalue weighted by Crippen LogP contribution is -2.55. The third kappa shape index (κ3) is 2.59. The maximum atomic E-state index is 12.3. The Kier molecular flexibility index (Phi) is 4.19. The molecule has 4 atom stereocenters. The first-order valence-corrected chi connectivity index (χ1v) is 5.94. The maximum Gasteiger partial charge on any atom is 0.368 e. The van der Waals surface area contributed by atoms with Crippen LogP contribution in [0.5, 0.6) is 0 Å². The number of nitrogens with two attached hydrogens (primary N) is 2. The van der Waals surface area contributed by atoms with E-state index in [9.17, 15) is 14.3 Å². The standard InChI is InChI=1S/C11H14FN5O4/c12-3-1-2-11(14)8(19)6(5-18)21-9(11)17-10(20)16-7(13)4-15-17/h4,6,8-9,18-19H,3,5,14H2,(H2,13,16,20)/t6-,8+,9-,11?/m1/s1. The van der Waals surface area contributed by atoms with Crippen molar-refractivity contribution in [3.8, 4) is 11.8 Å². The molecule has 0 bridgehead atoms. The van der Waals surface area contributed by atoms with E-state index in [1.165, 1.54) is 0 Å². The van der Waals surface area contributed by atoms with Crippen molar-refractivity contribution in [1.29, 1.82) is 0 Å². The number of rotatable bonds is 2. The predicted molar refractivity (Wildman–Crippen MR) is 68.4 cm³/mol. The van der Waals surface area contributed by atoms with Gasteiger partial charge in [0.2, 0.25) is 0 Å². The van der Waals surface area contributed by atoms with Gasteiger partial charge in [0, 0.05) is 0 Å². The first kappa shape index (κ1) is 15.3. The van der Waals surface area contributed by atoms with E-state index in [4.69, 9.17) is 21.3 Å². The summed E-state index contributed by atoms with van der Waals surface area (Å²) in [6, 6.07) is 0. The number of hydrogen-bond donors (Lipinski definition) is 4. The number of aromatic nitrogens is 3. The zero-order valence-corrected chi connectivity index (χ0v) is 10.8. The molecule has 1 fully saturated rings. The van der Waals surface area contributed by atoms with Crippen LogP contribution < -0.4 is 17.2 Å². The highest BCUT2D eigenvalue weighted by Gasteiger charge is 2.55. The van der Waals surface area contributed by atoms with Gasteiger partial charge in [0.25, 0.3) is 0 Å². The SMILES string of the molecule is Nc1cnn([C@@H]2O[C@H](CO)[C@H](O)C2(N)C#CCF)c(=O)n1. The number of aliphatic hydroxyl groups is 2. The van der Waals surface area contributed by atoms with E-state index in [1.54, 1.807) is 0 Å². The second-order valence-electron chi connectivity index (χ2n) is 4.43. The lowest BCUT2D eigenvalue weighted by molar-refractivity contribution is -0.0528. The molecule has 0 spiro atoms. The minimum Gasteiger partial charge on any atom is -0.394 e. The summed E-state index contributed by atoms with van der Waals surface area (Å²) in [7, 11) is 0. The van der Waals surface area contributed by atoms with Crippen LogP contribution in [-0.2, 0) is 4.74 Å². The first-order valence-electron chi connectivity index (χ1n) is 5.94. The highest BCUT2D eigenvalue weighted by atomic mass is 19.1. The maximum absolute atomic E-state index is 12.3. The van der Waals surface area contributed by atoms with Gasteiger partial charge in [-0.1, -0.05) is 11.8 Å². The van der Waals surface area contributed by atoms with Crippen LogP contribution in [-0.4, -0.2) is 56.0 Å². The second-order valence-corrected chi connectivity index (χ2v) is 4.43. The second kappa shape index (κ2) is 5.74. The summed E-state index contributed by atoms with van der Waals surface area (Å²) >= 11 is 0. The van der Waals surface area contributed by atoms with Gasteiger partial charge >= 0.3 is 5.69 Å². The van der Waals surface area contributed by atoms with Crippen molar-refractivity contribution in [2.24, 2.45) is 5.73 Å². The molecule has 0 saturated carbocycles. The number of halogens is 1. The Hall–Kier alpha value is -2.06. The van der Waals surface area contributed by atoms with Crippen LogP contribution in [0.3, 0.4) is 0 Å². The van der Waals surface area contributed by atoms with Crippen LogP contribution in [0.1, 0.15) is 6.23 Å². The van der Waals surface area contributed by atoms with E-state index in [0.29, 0.717) is 0 Å². The Balaban J connectivity index is 2.51. The molecule has 1 unspecified atom stereocenters. The molecular weight excluding hydrogens is 285 g/mol. The van der Waals surface area contributed by atoms with Crippen LogP contribution in [0.2, 0.25) is 0 Å². The van der Waals surface area contributed by atoms with Gasteiger partial charge in [0.1, 0.15) is 24.7 Å². The van der Waals surface area contributed by atoms with Crippen molar-refractivity contribution in [3.05, 3.63) is 16.7 Å². The fraction of sp³-hybridized carbons (Fsp3) is 0.545. The first-order chi connectivity index (χ1) is 9.93. The van der Waals surface area contributed by atoms with Gasteiger partial charge in [-0.25, -0.2) is 9.18 Å². The zero-order valence-electron chi connectivity index (χ0n) is 10.8. The summed E-state index contributed by atoms with van der Waals surface area (Å²) in [6.45, 7) is -1.56. The van der Waals surface area contributed by atoms with Crippen molar-refractivity contribution in [2.45, 2.75) is 24.0 Å². The molecular formula is C11H14FN5O4. The Morgan fingerprint density at radius 1 is 1.62 bits per heavy atom. The smallest absolute Gasteiger partial charge is 0.368 e. The molecule has 9 nitrogen and oxygen atoms in total. The summed E-state index contributed by atoms with van der Waals surface area (Å²) in [5.74, 6) is 4.30. The monoisotopic (exact) mass is 299 g/mol. The van der Waals surface area contributed by atoms with Crippen molar-refractivity contribution < 1.29 is 19.3 Å². The third-order valence-electron chi connectivity index (χ3n) is 3.06. The molecule has 1 saturated heterocycles. The molecule has 0 amide bonds. The van der Waals surface area contributed by atoms with Gasteiger partial charge in [-0.15, -0.1) is 0 Å². The molecule has 1 aromatic heterocycles. The molecule has 2 heterocycles. The number of alkyl halides is 1. The van der Waals surface area contributed by atoms with Crippen LogP contribution in [0.25, 0.3) is 0 Å². The highest BCUT2D eigenvalue weighted by Crippen LogP contribution is 2.35. The average molecular weight is 299 g/mol. The molecule has 21 heavy (non-hydrogen) atoms. The summed E-state index contributed by atoms with van der Waals surface area (Å²) in [5.41, 5.74) is 8.58. The molecule has 0 aliphatic carbocycles. The molecule has 114 valence electrons. The zero-order chi connectivity index (χ0) is 15.6. The van der Waals surface area contributed by atoms with Gasteiger partial charge in [0.05, 0.1) is 12.8 Å². The fourth-order valence-electron chi connectivity index (χ4n) is 2.05. The molecule has 10 heteroatoms. The minimum atomic E-state index is -1.83. The van der Waals surface area contributed by atoms with Gasteiger partial charge in [0.15, 0.2) is 11.8 Å². The number of anilines is 1. The Labute approximate surface area is 118 Å². The summed E-state index contributed by atoms with van der Waals surface area (Å²) in [5, 5.41) is 23.0. The minimum absolute atomic E-state index is 0.106. The van der Waals surface area contributed by atoms with E-state index in [1.807, 2.05) is 0 Å². The number of nitrogens with zero attached hydrogens (tertiary/aromatic N) is 3. The average Bonchev–Trinajstić information content (AvgIpc) is 2.70. The fourth-order valence-corrected chi connectivity index (χ4v) is 2.05. The quantitative estimate of drug-likeness (QED) is 0.426. The van der Waals surface area contributed by atoms with E-state index in [2.05, 4.69) is 21.9 Å². The molecule has 0 aromatic carbocycles. The molecule has 0 radical (unpaired) electrons. The summed E-state index contributed by atoms with van der Waals surface area (Å²) in [4.78, 5) is 15.3. The van der Waals surface area contributed by atoms with Crippen molar-refractivity contribution in [2.75, 3.05) is 19.0 Å². The highest BCUT2D eigenvalue weighted by molar-refractivity contribution is 5.26. The third-order valence-corrected chi connectivity index (χ3v) is 3.06. The number of ether oxygens (including phenoxy) is 1. The van der Waals surface area contributed by atoms with E-state index < -0.39 is 42.9 Å². The number of hydrogen-bond acceptors (Lipinski definition) is 8. The molecule has 1 aliphatic rings. The Morgan fingerprint density at radius 2 is 2.33 bits per heavy atom. The molecule has 2 rings (SSSR count). The Bertz CT molecular complexity index is 641. The lowest BCUT2D eigenvalue weighted by atomic mass is 9.92. The van der Waals surface area contributed by atoms with Gasteiger partial charge < -0.3 is 26.4 Å². The topological polar surface area (TPSA) is 150 Å². The van der Waals surface area contributed by atoms with Crippen LogP contribution in [0.15, 0.2) is 11.0 Å². The lowest BCUT2D eigenvalue weighted by Gasteiger charge is -2.26. The van der Waals surface area contributed by atoms with Crippen LogP contribution in [0, 0.1) is 11.8 Å². The normalized spacial score (nSPS) is 31.7. The summed E-state index contributed by atoms with van der Waals surface area (Å²) < 4.78 is 18.3. The van der Waals surface area contributed by atoms with Crippen molar-refractivity contribution in [1.82, 2.24) is 14.8 Å². The van der Waals surface area contributed by atoms with Gasteiger partial charge in [-0.2, -0.15) is 14.8 Å². The number of aliphatic hydroxyl groups excluding tert-OH is 2. The van der Waals surface area contributed by atoms with Crippen molar-refractivity contribution in [3.63, 3.8) is 0 Å².